The minimum Gasteiger partial charge on any atom is -0.507 e. The standard InChI is InChI=1S/C29H25ClN2O6/c1-16(2)38-20-11-7-18(8-12-20)26-25(27(33)21-13-24(37-4)22(30)14-23(21)36-3)28(34)29(35)32(26)19-9-5-17(15-31)6-10-19/h5-14,16,26,33H,1-4H3/b27-25+. The summed E-state index contributed by atoms with van der Waals surface area (Å²) >= 11 is 6.23. The summed E-state index contributed by atoms with van der Waals surface area (Å²) in [6.45, 7) is 3.81. The Bertz CT molecular complexity index is 1460. The lowest BCUT2D eigenvalue weighted by Gasteiger charge is -2.26. The molecule has 1 atom stereocenters. The number of ketones is 1. The van der Waals surface area contributed by atoms with Gasteiger partial charge in [-0.2, -0.15) is 5.26 Å². The van der Waals surface area contributed by atoms with E-state index in [2.05, 4.69) is 0 Å². The Hall–Kier alpha value is -4.48. The molecule has 1 unspecified atom stereocenters. The zero-order valence-corrected chi connectivity index (χ0v) is 21.9. The van der Waals surface area contributed by atoms with Crippen molar-refractivity contribution in [3.63, 3.8) is 0 Å². The van der Waals surface area contributed by atoms with Crippen LogP contribution in [0.15, 0.2) is 66.2 Å². The van der Waals surface area contributed by atoms with Crippen molar-refractivity contribution in [2.45, 2.75) is 26.0 Å². The van der Waals surface area contributed by atoms with Gasteiger partial charge in [-0.3, -0.25) is 14.5 Å². The van der Waals surface area contributed by atoms with Crippen LogP contribution in [0.2, 0.25) is 5.02 Å². The van der Waals surface area contributed by atoms with Crippen molar-refractivity contribution < 1.29 is 28.9 Å². The van der Waals surface area contributed by atoms with Gasteiger partial charge in [-0.15, -0.1) is 0 Å². The summed E-state index contributed by atoms with van der Waals surface area (Å²) in [6.07, 6.45) is -0.0440. The maximum atomic E-state index is 13.5. The Morgan fingerprint density at radius 3 is 2.18 bits per heavy atom. The molecule has 8 nitrogen and oxygen atoms in total. The number of halogens is 1. The first kappa shape index (κ1) is 26.6. The fraction of sp³-hybridized carbons (Fsp3) is 0.207. The largest absolute Gasteiger partial charge is 0.507 e. The van der Waals surface area contributed by atoms with E-state index >= 15 is 0 Å². The molecule has 3 aromatic carbocycles. The molecular formula is C29H25ClN2O6. The topological polar surface area (TPSA) is 109 Å². The van der Waals surface area contributed by atoms with Crippen LogP contribution in [0, 0.1) is 11.3 Å². The Morgan fingerprint density at radius 1 is 1.00 bits per heavy atom. The molecule has 194 valence electrons. The number of aliphatic hydroxyl groups excluding tert-OH is 1. The number of aliphatic hydroxyl groups is 1. The Morgan fingerprint density at radius 2 is 1.63 bits per heavy atom. The van der Waals surface area contributed by atoms with Gasteiger partial charge in [0.05, 0.1) is 54.2 Å². The smallest absolute Gasteiger partial charge is 0.300 e. The van der Waals surface area contributed by atoms with Crippen molar-refractivity contribution in [2.75, 3.05) is 19.1 Å². The van der Waals surface area contributed by atoms with Crippen molar-refractivity contribution in [3.05, 3.63) is 87.9 Å². The van der Waals surface area contributed by atoms with Crippen molar-refractivity contribution in [2.24, 2.45) is 0 Å². The number of Topliss-reactive ketones (excluding diaryl/α,β-unsaturated/α-hetero) is 1. The van der Waals surface area contributed by atoms with Gasteiger partial charge < -0.3 is 19.3 Å². The first-order valence-electron chi connectivity index (χ1n) is 11.7. The molecule has 0 aromatic heterocycles. The number of hydrogen-bond acceptors (Lipinski definition) is 7. The summed E-state index contributed by atoms with van der Waals surface area (Å²) < 4.78 is 16.4. The van der Waals surface area contributed by atoms with Gasteiger partial charge in [-0.1, -0.05) is 23.7 Å². The second-order valence-electron chi connectivity index (χ2n) is 8.75. The fourth-order valence-corrected chi connectivity index (χ4v) is 4.53. The van der Waals surface area contributed by atoms with Gasteiger partial charge in [0.2, 0.25) is 0 Å². The molecule has 9 heteroatoms. The fourth-order valence-electron chi connectivity index (χ4n) is 4.30. The maximum absolute atomic E-state index is 13.5. The van der Waals surface area contributed by atoms with Crippen molar-refractivity contribution >= 4 is 34.7 Å². The highest BCUT2D eigenvalue weighted by atomic mass is 35.5. The lowest BCUT2D eigenvalue weighted by atomic mass is 9.94. The third kappa shape index (κ3) is 4.89. The minimum absolute atomic E-state index is 0.0440. The molecule has 0 aliphatic carbocycles. The maximum Gasteiger partial charge on any atom is 0.300 e. The molecule has 4 rings (SSSR count). The van der Waals surface area contributed by atoms with E-state index < -0.39 is 23.5 Å². The van der Waals surface area contributed by atoms with Crippen LogP contribution in [0.3, 0.4) is 0 Å². The zero-order chi connectivity index (χ0) is 27.6. The Balaban J connectivity index is 1.95. The number of anilines is 1. The number of rotatable bonds is 7. The first-order chi connectivity index (χ1) is 18.2. The summed E-state index contributed by atoms with van der Waals surface area (Å²) in [7, 11) is 2.82. The number of benzene rings is 3. The third-order valence-corrected chi connectivity index (χ3v) is 6.31. The Kier molecular flexibility index (Phi) is 7.60. The number of nitriles is 1. The van der Waals surface area contributed by atoms with Crippen LogP contribution in [-0.2, 0) is 9.59 Å². The summed E-state index contributed by atoms with van der Waals surface area (Å²) in [4.78, 5) is 28.2. The number of carbonyl (C=O) groups excluding carboxylic acids is 2. The van der Waals surface area contributed by atoms with E-state index in [0.717, 1.165) is 0 Å². The second kappa shape index (κ2) is 10.9. The quantitative estimate of drug-likeness (QED) is 0.238. The molecule has 1 saturated heterocycles. The Labute approximate surface area is 225 Å². The molecule has 1 aliphatic heterocycles. The van der Waals surface area contributed by atoms with E-state index in [1.807, 2.05) is 19.9 Å². The molecule has 0 spiro atoms. The number of hydrogen-bond donors (Lipinski definition) is 1. The summed E-state index contributed by atoms with van der Waals surface area (Å²) in [5, 5.41) is 21.0. The van der Waals surface area contributed by atoms with Gasteiger partial charge in [0.25, 0.3) is 11.7 Å². The molecular weight excluding hydrogens is 508 g/mol. The first-order valence-corrected chi connectivity index (χ1v) is 12.1. The average molecular weight is 533 g/mol. The average Bonchev–Trinajstić information content (AvgIpc) is 3.18. The van der Waals surface area contributed by atoms with E-state index in [9.17, 15) is 20.0 Å². The summed E-state index contributed by atoms with van der Waals surface area (Å²) in [5.74, 6) is -1.10. The van der Waals surface area contributed by atoms with Gasteiger partial charge in [-0.05, 0) is 61.9 Å². The van der Waals surface area contributed by atoms with Crippen LogP contribution in [0.1, 0.15) is 36.6 Å². The van der Waals surface area contributed by atoms with E-state index in [1.165, 1.54) is 31.3 Å². The minimum atomic E-state index is -0.984. The second-order valence-corrected chi connectivity index (χ2v) is 9.16. The third-order valence-electron chi connectivity index (χ3n) is 6.02. The lowest BCUT2D eigenvalue weighted by molar-refractivity contribution is -0.132. The molecule has 3 aromatic rings. The molecule has 1 heterocycles. The van der Waals surface area contributed by atoms with Gasteiger partial charge in [0.1, 0.15) is 23.0 Å². The van der Waals surface area contributed by atoms with Crippen LogP contribution in [0.25, 0.3) is 5.76 Å². The number of nitrogens with zero attached hydrogens (tertiary/aromatic N) is 2. The highest BCUT2D eigenvalue weighted by Crippen LogP contribution is 2.45. The van der Waals surface area contributed by atoms with Gasteiger partial charge in [0, 0.05) is 11.8 Å². The number of ether oxygens (including phenoxy) is 3. The van der Waals surface area contributed by atoms with Crippen LogP contribution in [0.4, 0.5) is 5.69 Å². The van der Waals surface area contributed by atoms with E-state index in [0.29, 0.717) is 22.6 Å². The van der Waals surface area contributed by atoms with Crippen molar-refractivity contribution in [1.82, 2.24) is 0 Å². The molecule has 0 radical (unpaired) electrons. The van der Waals surface area contributed by atoms with Gasteiger partial charge in [-0.25, -0.2) is 0 Å². The van der Waals surface area contributed by atoms with Crippen LogP contribution < -0.4 is 19.1 Å². The van der Waals surface area contributed by atoms with Crippen molar-refractivity contribution in [1.29, 1.82) is 5.26 Å². The molecule has 1 fully saturated rings. The highest BCUT2D eigenvalue weighted by Gasteiger charge is 2.47. The van der Waals surface area contributed by atoms with Crippen LogP contribution in [0.5, 0.6) is 17.2 Å². The number of methoxy groups -OCH3 is 2. The molecule has 0 saturated carbocycles. The van der Waals surface area contributed by atoms with E-state index in [1.54, 1.807) is 48.5 Å². The van der Waals surface area contributed by atoms with Crippen molar-refractivity contribution in [3.8, 4) is 23.3 Å². The van der Waals surface area contributed by atoms with Gasteiger partial charge >= 0.3 is 0 Å². The molecule has 1 amide bonds. The highest BCUT2D eigenvalue weighted by molar-refractivity contribution is 6.51. The predicted octanol–water partition coefficient (Wildman–Crippen LogP) is 5.64. The number of carbonyl (C=O) groups is 2. The zero-order valence-electron chi connectivity index (χ0n) is 21.2. The molecule has 1 aliphatic rings. The monoisotopic (exact) mass is 532 g/mol. The van der Waals surface area contributed by atoms with Crippen LogP contribution in [-0.4, -0.2) is 37.1 Å². The SMILES string of the molecule is COc1cc(/C(O)=C2\C(=O)C(=O)N(c3ccc(C#N)cc3)C2c2ccc(OC(C)C)cc2)c(OC)cc1Cl. The van der Waals surface area contributed by atoms with E-state index in [4.69, 9.17) is 25.8 Å². The summed E-state index contributed by atoms with van der Waals surface area (Å²) in [6, 6.07) is 17.2. The molecule has 0 bridgehead atoms. The molecule has 38 heavy (non-hydrogen) atoms. The number of amides is 1. The predicted molar refractivity (Wildman–Crippen MR) is 143 cm³/mol. The van der Waals surface area contributed by atoms with Gasteiger partial charge in [0.15, 0.2) is 0 Å². The van der Waals surface area contributed by atoms with E-state index in [-0.39, 0.29) is 33.8 Å². The van der Waals surface area contributed by atoms with Crippen LogP contribution >= 0.6 is 11.6 Å². The molecule has 1 N–H and O–H groups in total. The normalized spacial score (nSPS) is 16.4. The summed E-state index contributed by atoms with van der Waals surface area (Å²) in [5.41, 5.74) is 1.34. The lowest BCUT2D eigenvalue weighted by Crippen LogP contribution is -2.29.